The summed E-state index contributed by atoms with van der Waals surface area (Å²) in [5, 5.41) is 3.20. The van der Waals surface area contributed by atoms with E-state index in [9.17, 15) is 4.79 Å². The first-order valence-corrected chi connectivity index (χ1v) is 5.61. The first kappa shape index (κ1) is 11.7. The second-order valence-electron chi connectivity index (χ2n) is 4.04. The largest absolute Gasteiger partial charge is 0.442 e. The zero-order valence-electron chi connectivity index (χ0n) is 9.77. The van der Waals surface area contributed by atoms with E-state index in [1.165, 1.54) is 6.92 Å². The van der Waals surface area contributed by atoms with Crippen molar-refractivity contribution in [1.82, 2.24) is 0 Å². The van der Waals surface area contributed by atoms with Crippen LogP contribution in [-0.4, -0.2) is 18.7 Å². The van der Waals surface area contributed by atoms with Gasteiger partial charge in [0.2, 0.25) is 0 Å². The summed E-state index contributed by atoms with van der Waals surface area (Å²) >= 11 is 0. The molecule has 4 heteroatoms. The van der Waals surface area contributed by atoms with Crippen LogP contribution in [0.5, 0.6) is 0 Å². The van der Waals surface area contributed by atoms with E-state index in [1.807, 2.05) is 30.3 Å². The van der Waals surface area contributed by atoms with Crippen LogP contribution in [-0.2, 0) is 9.53 Å². The maximum Gasteiger partial charge on any atom is 0.304 e. The zero-order valence-corrected chi connectivity index (χ0v) is 9.77. The number of hydrogen-bond acceptors (Lipinski definition) is 4. The van der Waals surface area contributed by atoms with Gasteiger partial charge in [-0.2, -0.15) is 0 Å². The van der Waals surface area contributed by atoms with Crippen molar-refractivity contribution in [2.24, 2.45) is 5.73 Å². The smallest absolute Gasteiger partial charge is 0.304 e. The Hall–Kier alpha value is -1.81. The third-order valence-electron chi connectivity index (χ3n) is 2.65. The molecule has 1 aromatic rings. The molecular weight excluding hydrogens is 216 g/mol. The van der Waals surface area contributed by atoms with Crippen LogP contribution in [0.1, 0.15) is 18.9 Å². The van der Waals surface area contributed by atoms with E-state index >= 15 is 0 Å². The molecule has 0 aliphatic carbocycles. The molecule has 1 aliphatic heterocycles. The topological polar surface area (TPSA) is 64.3 Å². The molecule has 3 N–H and O–H groups in total. The molecule has 90 valence electrons. The Balaban J connectivity index is 2.30. The Morgan fingerprint density at radius 1 is 1.53 bits per heavy atom. The third kappa shape index (κ3) is 2.85. The summed E-state index contributed by atoms with van der Waals surface area (Å²) in [5.41, 5.74) is 8.78. The van der Waals surface area contributed by atoms with Gasteiger partial charge in [0, 0.05) is 25.6 Å². The number of nitrogens with one attached hydrogen (secondary N) is 1. The van der Waals surface area contributed by atoms with Gasteiger partial charge in [0.05, 0.1) is 0 Å². The number of para-hydroxylation sites is 1. The molecule has 0 fully saturated rings. The Labute approximate surface area is 100 Å². The Morgan fingerprint density at radius 2 is 2.29 bits per heavy atom. The molecule has 0 spiro atoms. The lowest BCUT2D eigenvalue weighted by atomic mass is 10.1. The van der Waals surface area contributed by atoms with E-state index in [4.69, 9.17) is 10.5 Å². The van der Waals surface area contributed by atoms with Crippen molar-refractivity contribution in [3.05, 3.63) is 35.4 Å². The van der Waals surface area contributed by atoms with Crippen molar-refractivity contribution in [2.75, 3.05) is 11.9 Å². The van der Waals surface area contributed by atoms with Crippen LogP contribution in [0.2, 0.25) is 0 Å². The van der Waals surface area contributed by atoms with Gasteiger partial charge in [0.25, 0.3) is 0 Å². The van der Waals surface area contributed by atoms with Gasteiger partial charge in [-0.1, -0.05) is 29.8 Å². The molecule has 17 heavy (non-hydrogen) atoms. The number of ether oxygens (including phenoxy) is 1. The minimum Gasteiger partial charge on any atom is -0.442 e. The van der Waals surface area contributed by atoms with E-state index in [0.29, 0.717) is 13.0 Å². The molecular formula is C13H16N2O2. The van der Waals surface area contributed by atoms with Crippen LogP contribution >= 0.6 is 0 Å². The molecule has 1 heterocycles. The molecule has 4 nitrogen and oxygen atoms in total. The fourth-order valence-electron chi connectivity index (χ4n) is 1.91. The van der Waals surface area contributed by atoms with Crippen LogP contribution < -0.4 is 11.1 Å². The normalized spacial score (nSPS) is 18.5. The molecule has 0 saturated heterocycles. The number of carbonyl (C=O) groups is 1. The van der Waals surface area contributed by atoms with E-state index < -0.39 is 0 Å². The van der Waals surface area contributed by atoms with E-state index in [2.05, 4.69) is 5.32 Å². The predicted molar refractivity (Wildman–Crippen MR) is 67.3 cm³/mol. The zero-order chi connectivity index (χ0) is 12.3. The number of anilines is 1. The minimum atomic E-state index is -0.342. The Bertz CT molecular complexity index is 454. The van der Waals surface area contributed by atoms with Gasteiger partial charge in [-0.05, 0) is 11.6 Å². The summed E-state index contributed by atoms with van der Waals surface area (Å²) in [6.07, 6.45) is 2.32. The second kappa shape index (κ2) is 5.01. The number of fused-ring (bicyclic) bond motifs is 1. The summed E-state index contributed by atoms with van der Waals surface area (Å²) in [5.74, 6) is -0.293. The summed E-state index contributed by atoms with van der Waals surface area (Å²) < 4.78 is 5.21. The highest BCUT2D eigenvalue weighted by molar-refractivity contribution is 5.71. The lowest BCUT2D eigenvalue weighted by Crippen LogP contribution is -2.26. The number of esters is 1. The van der Waals surface area contributed by atoms with E-state index in [0.717, 1.165) is 16.8 Å². The van der Waals surface area contributed by atoms with Gasteiger partial charge in [0.15, 0.2) is 6.23 Å². The van der Waals surface area contributed by atoms with Crippen molar-refractivity contribution in [1.29, 1.82) is 0 Å². The number of benzene rings is 1. The number of rotatable bonds is 2. The van der Waals surface area contributed by atoms with E-state index in [-0.39, 0.29) is 12.2 Å². The third-order valence-corrected chi connectivity index (χ3v) is 2.65. The Kier molecular flexibility index (Phi) is 3.44. The van der Waals surface area contributed by atoms with Gasteiger partial charge in [-0.3, -0.25) is 4.79 Å². The van der Waals surface area contributed by atoms with Gasteiger partial charge in [-0.25, -0.2) is 0 Å². The SMILES string of the molecule is CC(=O)OC1CC(CN)=Cc2ccccc2N1. The number of carbonyl (C=O) groups excluding carboxylic acids is 1. The van der Waals surface area contributed by atoms with Crippen molar-refractivity contribution < 1.29 is 9.53 Å². The van der Waals surface area contributed by atoms with Gasteiger partial charge in [0.1, 0.15) is 0 Å². The molecule has 0 amide bonds. The van der Waals surface area contributed by atoms with Crippen molar-refractivity contribution in [3.63, 3.8) is 0 Å². The summed E-state index contributed by atoms with van der Waals surface area (Å²) in [6, 6.07) is 7.88. The first-order chi connectivity index (χ1) is 8.19. The van der Waals surface area contributed by atoms with Crippen LogP contribution in [0.15, 0.2) is 29.8 Å². The van der Waals surface area contributed by atoms with Crippen LogP contribution in [0, 0.1) is 0 Å². The molecule has 0 radical (unpaired) electrons. The number of hydrogen-bond donors (Lipinski definition) is 2. The first-order valence-electron chi connectivity index (χ1n) is 5.61. The van der Waals surface area contributed by atoms with Gasteiger partial charge >= 0.3 is 5.97 Å². The molecule has 0 aromatic heterocycles. The van der Waals surface area contributed by atoms with Crippen molar-refractivity contribution >= 4 is 17.7 Å². The predicted octanol–water partition coefficient (Wildman–Crippen LogP) is 1.73. The number of nitrogens with two attached hydrogens (primary N) is 1. The van der Waals surface area contributed by atoms with Gasteiger partial charge < -0.3 is 15.8 Å². The lowest BCUT2D eigenvalue weighted by molar-refractivity contribution is -0.144. The van der Waals surface area contributed by atoms with E-state index in [1.54, 1.807) is 0 Å². The highest BCUT2D eigenvalue weighted by Crippen LogP contribution is 2.25. The molecule has 1 atom stereocenters. The molecule has 0 saturated carbocycles. The fourth-order valence-corrected chi connectivity index (χ4v) is 1.91. The van der Waals surface area contributed by atoms with Gasteiger partial charge in [-0.15, -0.1) is 0 Å². The Morgan fingerprint density at radius 3 is 3.00 bits per heavy atom. The summed E-state index contributed by atoms with van der Waals surface area (Å²) in [6.45, 7) is 1.87. The van der Waals surface area contributed by atoms with Crippen LogP contribution in [0.3, 0.4) is 0 Å². The molecule has 0 bridgehead atoms. The molecule has 2 rings (SSSR count). The monoisotopic (exact) mass is 232 g/mol. The maximum atomic E-state index is 11.0. The maximum absolute atomic E-state index is 11.0. The quantitative estimate of drug-likeness (QED) is 0.762. The highest BCUT2D eigenvalue weighted by Gasteiger charge is 2.18. The van der Waals surface area contributed by atoms with Crippen LogP contribution in [0.4, 0.5) is 5.69 Å². The average molecular weight is 232 g/mol. The summed E-state index contributed by atoms with van der Waals surface area (Å²) in [4.78, 5) is 11.0. The minimum absolute atomic E-state index is 0.293. The molecule has 1 aromatic carbocycles. The second-order valence-corrected chi connectivity index (χ2v) is 4.04. The van der Waals surface area contributed by atoms with Crippen molar-refractivity contribution in [3.8, 4) is 0 Å². The standard InChI is InChI=1S/C13H16N2O2/c1-9(16)17-13-7-10(8-14)6-11-4-2-3-5-12(11)15-13/h2-6,13,15H,7-8,14H2,1H3. The molecule has 1 aliphatic rings. The fraction of sp³-hybridized carbons (Fsp3) is 0.308. The van der Waals surface area contributed by atoms with Crippen molar-refractivity contribution in [2.45, 2.75) is 19.6 Å². The average Bonchev–Trinajstić information content (AvgIpc) is 2.46. The van der Waals surface area contributed by atoms with Crippen LogP contribution in [0.25, 0.3) is 6.08 Å². The lowest BCUT2D eigenvalue weighted by Gasteiger charge is -2.18. The molecule has 1 unspecified atom stereocenters. The highest BCUT2D eigenvalue weighted by atomic mass is 16.6. The summed E-state index contributed by atoms with van der Waals surface area (Å²) in [7, 11) is 0.